The second kappa shape index (κ2) is 6.13. The molecule has 7 rings (SSSR count). The van der Waals surface area contributed by atoms with E-state index in [0.29, 0.717) is 0 Å². The fourth-order valence-electron chi connectivity index (χ4n) is 8.02. The summed E-state index contributed by atoms with van der Waals surface area (Å²) in [7, 11) is 0. The van der Waals surface area contributed by atoms with Crippen LogP contribution < -0.4 is 0 Å². The van der Waals surface area contributed by atoms with Gasteiger partial charge < -0.3 is 0 Å². The SMILES string of the molecule is CC(C)(C)c1cc2cc3c(cc2c2nc4cc5c(cc4n12)C(C)(C)C(C)(C)C5(C)C)C1CCC3C1. The molecule has 2 aromatic carbocycles. The Bertz CT molecular complexity index is 1590. The van der Waals surface area contributed by atoms with Crippen LogP contribution in [0.15, 0.2) is 30.3 Å². The van der Waals surface area contributed by atoms with Gasteiger partial charge in [0.1, 0.15) is 5.65 Å². The van der Waals surface area contributed by atoms with Gasteiger partial charge in [-0.3, -0.25) is 4.40 Å². The lowest BCUT2D eigenvalue weighted by molar-refractivity contribution is 0.125. The van der Waals surface area contributed by atoms with Crippen LogP contribution in [0.2, 0.25) is 0 Å². The molecule has 2 aromatic heterocycles. The number of fused-ring (bicyclic) bond motifs is 11. The van der Waals surface area contributed by atoms with E-state index in [-0.39, 0.29) is 21.7 Å². The van der Waals surface area contributed by atoms with Gasteiger partial charge in [-0.2, -0.15) is 0 Å². The molecule has 1 fully saturated rings. The molecule has 0 saturated heterocycles. The number of hydrogen-bond acceptors (Lipinski definition) is 1. The van der Waals surface area contributed by atoms with Crippen LogP contribution in [0, 0.1) is 5.41 Å². The number of hydrogen-bond donors (Lipinski definition) is 0. The minimum absolute atomic E-state index is 0.0190. The largest absolute Gasteiger partial charge is 0.296 e. The van der Waals surface area contributed by atoms with Crippen LogP contribution in [0.4, 0.5) is 0 Å². The molecule has 182 valence electrons. The van der Waals surface area contributed by atoms with E-state index in [0.717, 1.165) is 23.0 Å². The third kappa shape index (κ3) is 2.45. The van der Waals surface area contributed by atoms with Crippen molar-refractivity contribution in [3.05, 3.63) is 58.3 Å². The summed E-state index contributed by atoms with van der Waals surface area (Å²) in [6.07, 6.45) is 4.10. The highest BCUT2D eigenvalue weighted by atomic mass is 15.0. The van der Waals surface area contributed by atoms with E-state index in [2.05, 4.69) is 97.0 Å². The fourth-order valence-corrected chi connectivity index (χ4v) is 8.02. The Morgan fingerprint density at radius 3 is 2.03 bits per heavy atom. The van der Waals surface area contributed by atoms with Crippen LogP contribution in [-0.2, 0) is 16.2 Å². The lowest BCUT2D eigenvalue weighted by Crippen LogP contribution is -2.42. The fraction of sp³-hybridized carbons (Fsp3) is 0.545. The maximum Gasteiger partial charge on any atom is 0.146 e. The monoisotopic (exact) mass is 464 g/mol. The summed E-state index contributed by atoms with van der Waals surface area (Å²) in [6, 6.07) is 12.5. The van der Waals surface area contributed by atoms with Gasteiger partial charge in [0.25, 0.3) is 0 Å². The summed E-state index contributed by atoms with van der Waals surface area (Å²) in [5.74, 6) is 1.54. The summed E-state index contributed by atoms with van der Waals surface area (Å²) in [5.41, 5.74) is 11.5. The predicted molar refractivity (Wildman–Crippen MR) is 148 cm³/mol. The Morgan fingerprint density at radius 1 is 0.800 bits per heavy atom. The highest BCUT2D eigenvalue weighted by Crippen LogP contribution is 2.62. The quantitative estimate of drug-likeness (QED) is 0.254. The Labute approximate surface area is 210 Å². The second-order valence-electron chi connectivity index (χ2n) is 14.6. The van der Waals surface area contributed by atoms with E-state index in [1.165, 1.54) is 52.4 Å². The average Bonchev–Trinajstić information content (AvgIpc) is 3.50. The normalized spacial score (nSPS) is 25.6. The van der Waals surface area contributed by atoms with Gasteiger partial charge in [0, 0.05) is 16.5 Å². The van der Waals surface area contributed by atoms with Crippen LogP contribution in [0.1, 0.15) is 121 Å². The Balaban J connectivity index is 1.62. The zero-order valence-corrected chi connectivity index (χ0v) is 23.1. The first kappa shape index (κ1) is 21.9. The van der Waals surface area contributed by atoms with E-state index < -0.39 is 0 Å². The van der Waals surface area contributed by atoms with E-state index in [1.54, 1.807) is 11.1 Å². The minimum Gasteiger partial charge on any atom is -0.296 e. The molecule has 4 aromatic rings. The number of aromatic nitrogens is 2. The van der Waals surface area contributed by atoms with Crippen molar-refractivity contribution in [2.45, 2.75) is 110 Å². The van der Waals surface area contributed by atoms with Gasteiger partial charge in [-0.25, -0.2) is 4.98 Å². The second-order valence-corrected chi connectivity index (χ2v) is 14.6. The molecule has 2 heteroatoms. The molecule has 2 unspecified atom stereocenters. The Morgan fingerprint density at radius 2 is 1.40 bits per heavy atom. The zero-order valence-electron chi connectivity index (χ0n) is 23.1. The summed E-state index contributed by atoms with van der Waals surface area (Å²) >= 11 is 0. The number of pyridine rings is 1. The predicted octanol–water partition coefficient (Wildman–Crippen LogP) is 8.90. The molecule has 0 spiro atoms. The van der Waals surface area contributed by atoms with Crippen molar-refractivity contribution in [1.82, 2.24) is 9.38 Å². The van der Waals surface area contributed by atoms with Crippen LogP contribution in [-0.4, -0.2) is 9.38 Å². The van der Waals surface area contributed by atoms with Crippen molar-refractivity contribution in [1.29, 1.82) is 0 Å². The molecule has 0 aliphatic heterocycles. The molecule has 35 heavy (non-hydrogen) atoms. The van der Waals surface area contributed by atoms with E-state index in [1.807, 2.05) is 0 Å². The van der Waals surface area contributed by atoms with Gasteiger partial charge in [0.2, 0.25) is 0 Å². The van der Waals surface area contributed by atoms with Crippen molar-refractivity contribution in [3.63, 3.8) is 0 Å². The number of rotatable bonds is 0. The third-order valence-electron chi connectivity index (χ3n) is 11.4. The number of nitrogens with zero attached hydrogens (tertiary/aromatic N) is 2. The molecule has 3 aliphatic rings. The highest BCUT2D eigenvalue weighted by Gasteiger charge is 2.57. The standard InChI is InChI=1S/C33H40N2/c1-30(2,3)28-14-20-13-21-18-10-11-19(12-18)22(21)15-23(20)29-34-26-16-24-25(17-27(26)35(28)29)32(6,7)33(8,9)31(24,4)5/h13-19H,10-12H2,1-9H3. The molecule has 0 radical (unpaired) electrons. The topological polar surface area (TPSA) is 17.3 Å². The molecule has 2 nitrogen and oxygen atoms in total. The minimum atomic E-state index is 0.0190. The molecule has 3 aliphatic carbocycles. The van der Waals surface area contributed by atoms with Crippen molar-refractivity contribution in [3.8, 4) is 0 Å². The van der Waals surface area contributed by atoms with E-state index in [9.17, 15) is 0 Å². The van der Waals surface area contributed by atoms with Crippen LogP contribution in [0.3, 0.4) is 0 Å². The van der Waals surface area contributed by atoms with Gasteiger partial charge in [0.05, 0.1) is 11.0 Å². The molecule has 2 bridgehead atoms. The molecular weight excluding hydrogens is 424 g/mol. The first-order chi connectivity index (χ1) is 16.2. The highest BCUT2D eigenvalue weighted by molar-refractivity contribution is 6.00. The molecule has 2 heterocycles. The van der Waals surface area contributed by atoms with Crippen molar-refractivity contribution >= 4 is 27.5 Å². The summed E-state index contributed by atoms with van der Waals surface area (Å²) in [6.45, 7) is 21.7. The van der Waals surface area contributed by atoms with Gasteiger partial charge in [-0.15, -0.1) is 0 Å². The first-order valence-corrected chi connectivity index (χ1v) is 13.7. The van der Waals surface area contributed by atoms with Crippen molar-refractivity contribution < 1.29 is 0 Å². The van der Waals surface area contributed by atoms with Gasteiger partial charge >= 0.3 is 0 Å². The zero-order chi connectivity index (χ0) is 24.9. The maximum atomic E-state index is 5.41. The number of benzene rings is 2. The molecule has 0 amide bonds. The average molecular weight is 465 g/mol. The van der Waals surface area contributed by atoms with Crippen LogP contribution in [0.5, 0.6) is 0 Å². The van der Waals surface area contributed by atoms with Gasteiger partial charge in [0.15, 0.2) is 0 Å². The lowest BCUT2D eigenvalue weighted by atomic mass is 9.59. The Hall–Kier alpha value is -2.35. The maximum absolute atomic E-state index is 5.41. The smallest absolute Gasteiger partial charge is 0.146 e. The Kier molecular flexibility index (Phi) is 3.83. The van der Waals surface area contributed by atoms with Crippen LogP contribution >= 0.6 is 0 Å². The third-order valence-corrected chi connectivity index (χ3v) is 11.4. The first-order valence-electron chi connectivity index (χ1n) is 13.7. The molecular formula is C33H40N2. The van der Waals surface area contributed by atoms with Gasteiger partial charge in [-0.1, -0.05) is 68.4 Å². The lowest BCUT2D eigenvalue weighted by Gasteiger charge is -2.44. The molecule has 1 saturated carbocycles. The van der Waals surface area contributed by atoms with Crippen molar-refractivity contribution in [2.75, 3.05) is 0 Å². The summed E-state index contributed by atoms with van der Waals surface area (Å²) in [4.78, 5) is 5.41. The van der Waals surface area contributed by atoms with Crippen molar-refractivity contribution in [2.24, 2.45) is 5.41 Å². The van der Waals surface area contributed by atoms with Crippen LogP contribution in [0.25, 0.3) is 27.5 Å². The molecule has 2 atom stereocenters. The van der Waals surface area contributed by atoms with Gasteiger partial charge in [-0.05, 0) is 99.2 Å². The van der Waals surface area contributed by atoms with E-state index in [4.69, 9.17) is 4.98 Å². The van der Waals surface area contributed by atoms with E-state index >= 15 is 0 Å². The summed E-state index contributed by atoms with van der Waals surface area (Å²) < 4.78 is 2.51. The molecule has 0 N–H and O–H groups in total. The summed E-state index contributed by atoms with van der Waals surface area (Å²) in [5, 5.41) is 2.71. The number of imidazole rings is 1.